The van der Waals surface area contributed by atoms with E-state index in [1.165, 1.54) is 22.5 Å². The van der Waals surface area contributed by atoms with E-state index in [0.29, 0.717) is 38.2 Å². The van der Waals surface area contributed by atoms with Crippen LogP contribution in [0.2, 0.25) is 0 Å². The van der Waals surface area contributed by atoms with Gasteiger partial charge in [0.1, 0.15) is 5.82 Å². The number of rotatable bonds is 10. The first-order chi connectivity index (χ1) is 17.4. The number of piperidine rings is 1. The summed E-state index contributed by atoms with van der Waals surface area (Å²) in [5, 5.41) is 14.3. The predicted molar refractivity (Wildman–Crippen MR) is 142 cm³/mol. The monoisotopic (exact) mass is 488 g/mol. The van der Waals surface area contributed by atoms with Crippen molar-refractivity contribution in [3.05, 3.63) is 94.5 Å². The van der Waals surface area contributed by atoms with Gasteiger partial charge in [-0.25, -0.2) is 4.98 Å². The first kappa shape index (κ1) is 25.6. The number of aryl methyl sites for hydroxylation is 1. The molecule has 2 N–H and O–H groups in total. The Morgan fingerprint density at radius 3 is 2.42 bits per heavy atom. The minimum Gasteiger partial charge on any atom is -0.388 e. The normalized spacial score (nSPS) is 15.9. The maximum absolute atomic E-state index is 12.8. The molecular formula is C29H36N4O3. The Kier molecular flexibility index (Phi) is 8.54. The van der Waals surface area contributed by atoms with Crippen LogP contribution in [0.1, 0.15) is 49.7 Å². The van der Waals surface area contributed by atoms with Crippen molar-refractivity contribution in [2.45, 2.75) is 57.1 Å². The van der Waals surface area contributed by atoms with Gasteiger partial charge in [0.15, 0.2) is 0 Å². The van der Waals surface area contributed by atoms with Crippen molar-refractivity contribution >= 4 is 11.7 Å². The molecule has 2 aromatic carbocycles. The summed E-state index contributed by atoms with van der Waals surface area (Å²) in [6.07, 6.45) is 4.72. The second-order valence-electron chi connectivity index (χ2n) is 9.88. The number of likely N-dealkylation sites (tertiary alicyclic amines) is 1. The molecule has 3 aromatic rings. The fourth-order valence-corrected chi connectivity index (χ4v) is 4.73. The molecule has 2 heterocycles. The van der Waals surface area contributed by atoms with Gasteiger partial charge in [-0.3, -0.25) is 14.2 Å². The molecule has 4 rings (SSSR count). The molecular weight excluding hydrogens is 452 g/mol. The van der Waals surface area contributed by atoms with E-state index in [1.54, 1.807) is 0 Å². The van der Waals surface area contributed by atoms with Gasteiger partial charge in [0.25, 0.3) is 5.56 Å². The Hall–Kier alpha value is -3.45. The van der Waals surface area contributed by atoms with Gasteiger partial charge in [-0.05, 0) is 42.7 Å². The largest absolute Gasteiger partial charge is 0.388 e. The zero-order valence-electron chi connectivity index (χ0n) is 21.0. The van der Waals surface area contributed by atoms with Gasteiger partial charge in [-0.2, -0.15) is 0 Å². The third-order valence-electron chi connectivity index (χ3n) is 7.03. The van der Waals surface area contributed by atoms with E-state index >= 15 is 0 Å². The van der Waals surface area contributed by atoms with Gasteiger partial charge in [0.2, 0.25) is 5.91 Å². The summed E-state index contributed by atoms with van der Waals surface area (Å²) in [6.45, 7) is 3.94. The van der Waals surface area contributed by atoms with Crippen LogP contribution in [-0.4, -0.2) is 50.7 Å². The second-order valence-corrected chi connectivity index (χ2v) is 9.88. The summed E-state index contributed by atoms with van der Waals surface area (Å²) in [6, 6.07) is 21.8. The first-order valence-electron chi connectivity index (χ1n) is 12.8. The van der Waals surface area contributed by atoms with Crippen molar-refractivity contribution in [3.63, 3.8) is 0 Å². The zero-order valence-corrected chi connectivity index (χ0v) is 21.0. The summed E-state index contributed by atoms with van der Waals surface area (Å²) in [5.74, 6) is 0.800. The molecule has 7 heteroatoms. The van der Waals surface area contributed by atoms with Crippen LogP contribution in [0.3, 0.4) is 0 Å². The molecule has 1 atom stereocenters. The molecule has 0 saturated carbocycles. The number of hydrogen-bond donors (Lipinski definition) is 2. The number of benzene rings is 2. The van der Waals surface area contributed by atoms with E-state index in [1.807, 2.05) is 53.4 Å². The van der Waals surface area contributed by atoms with E-state index in [4.69, 9.17) is 0 Å². The molecule has 36 heavy (non-hydrogen) atoms. The molecule has 0 aliphatic carbocycles. The number of nitrogens with zero attached hydrogens (tertiary/aromatic N) is 3. The summed E-state index contributed by atoms with van der Waals surface area (Å²) >= 11 is 0. The summed E-state index contributed by atoms with van der Waals surface area (Å²) in [4.78, 5) is 31.6. The number of hydrogen-bond acceptors (Lipinski definition) is 5. The van der Waals surface area contributed by atoms with E-state index in [2.05, 4.69) is 29.4 Å². The highest BCUT2D eigenvalue weighted by atomic mass is 16.3. The number of anilines is 1. The van der Waals surface area contributed by atoms with Gasteiger partial charge in [0.05, 0.1) is 18.5 Å². The lowest BCUT2D eigenvalue weighted by Gasteiger charge is -2.38. The van der Waals surface area contributed by atoms with E-state index < -0.39 is 5.60 Å². The van der Waals surface area contributed by atoms with Gasteiger partial charge in [0, 0.05) is 32.1 Å². The lowest BCUT2D eigenvalue weighted by molar-refractivity contribution is -0.136. The average molecular weight is 489 g/mol. The summed E-state index contributed by atoms with van der Waals surface area (Å²) < 4.78 is 1.46. The lowest BCUT2D eigenvalue weighted by Crippen LogP contribution is -2.49. The SMILES string of the molecule is C[C@H](CC(=O)N1CCC(O)(Cn2cnc(NCCCc3ccccc3)cc2=O)CC1)c1ccccc1. The molecule has 7 nitrogen and oxygen atoms in total. The summed E-state index contributed by atoms with van der Waals surface area (Å²) in [7, 11) is 0. The van der Waals surface area contributed by atoms with Crippen LogP contribution >= 0.6 is 0 Å². The van der Waals surface area contributed by atoms with Gasteiger partial charge < -0.3 is 15.3 Å². The van der Waals surface area contributed by atoms with Crippen LogP contribution in [0.15, 0.2) is 77.9 Å². The van der Waals surface area contributed by atoms with E-state index in [-0.39, 0.29) is 23.9 Å². The van der Waals surface area contributed by atoms with Crippen molar-refractivity contribution < 1.29 is 9.90 Å². The molecule has 0 bridgehead atoms. The number of nitrogens with one attached hydrogen (secondary N) is 1. The van der Waals surface area contributed by atoms with Gasteiger partial charge >= 0.3 is 0 Å². The molecule has 190 valence electrons. The molecule has 1 aliphatic rings. The van der Waals surface area contributed by atoms with Crippen LogP contribution in [0.25, 0.3) is 0 Å². The van der Waals surface area contributed by atoms with Gasteiger partial charge in [-0.1, -0.05) is 67.6 Å². The minimum atomic E-state index is -1.03. The maximum atomic E-state index is 12.8. The molecule has 1 amide bonds. The Morgan fingerprint density at radius 1 is 1.08 bits per heavy atom. The molecule has 0 spiro atoms. The number of carbonyl (C=O) groups excluding carboxylic acids is 1. The van der Waals surface area contributed by atoms with E-state index in [9.17, 15) is 14.7 Å². The molecule has 1 aliphatic heterocycles. The van der Waals surface area contributed by atoms with Crippen molar-refractivity contribution in [2.75, 3.05) is 25.0 Å². The van der Waals surface area contributed by atoms with E-state index in [0.717, 1.165) is 24.9 Å². The van der Waals surface area contributed by atoms with Crippen LogP contribution in [0, 0.1) is 0 Å². The maximum Gasteiger partial charge on any atom is 0.255 e. The second kappa shape index (κ2) is 12.0. The predicted octanol–water partition coefficient (Wildman–Crippen LogP) is 3.84. The van der Waals surface area contributed by atoms with Crippen LogP contribution in [0.5, 0.6) is 0 Å². The van der Waals surface area contributed by atoms with Gasteiger partial charge in [-0.15, -0.1) is 0 Å². The Bertz CT molecular complexity index is 1170. The van der Waals surface area contributed by atoms with Crippen molar-refractivity contribution in [2.24, 2.45) is 0 Å². The number of aromatic nitrogens is 2. The Morgan fingerprint density at radius 2 is 1.75 bits per heavy atom. The quantitative estimate of drug-likeness (QED) is 0.424. The highest BCUT2D eigenvalue weighted by molar-refractivity contribution is 5.77. The number of amides is 1. The molecule has 1 aromatic heterocycles. The first-order valence-corrected chi connectivity index (χ1v) is 12.8. The summed E-state index contributed by atoms with van der Waals surface area (Å²) in [5.41, 5.74) is 1.21. The minimum absolute atomic E-state index is 0.106. The third kappa shape index (κ3) is 7.04. The van der Waals surface area contributed by atoms with Crippen molar-refractivity contribution in [3.8, 4) is 0 Å². The van der Waals surface area contributed by atoms with Crippen molar-refractivity contribution in [1.29, 1.82) is 0 Å². The molecule has 1 fully saturated rings. The fourth-order valence-electron chi connectivity index (χ4n) is 4.73. The number of carbonyl (C=O) groups is 1. The highest BCUT2D eigenvalue weighted by Gasteiger charge is 2.34. The van der Waals surface area contributed by atoms with Crippen LogP contribution in [-0.2, 0) is 17.8 Å². The van der Waals surface area contributed by atoms with Crippen LogP contribution in [0.4, 0.5) is 5.82 Å². The Balaban J connectivity index is 1.23. The fraction of sp³-hybridized carbons (Fsp3) is 0.414. The Labute approximate surface area is 212 Å². The zero-order chi connectivity index (χ0) is 25.4. The highest BCUT2D eigenvalue weighted by Crippen LogP contribution is 2.26. The molecule has 1 saturated heterocycles. The molecule has 0 unspecified atom stereocenters. The standard InChI is InChI=1S/C29H36N4O3/c1-23(25-12-6-3-7-13-25)19-27(34)32-17-14-29(36,15-18-32)21-33-22-31-26(20-28(33)35)30-16-8-11-24-9-4-2-5-10-24/h2-7,9-10,12-13,20,22-23,30,36H,8,11,14-19,21H2,1H3/t23-/m1/s1. The third-order valence-corrected chi connectivity index (χ3v) is 7.03. The van der Waals surface area contributed by atoms with Crippen molar-refractivity contribution in [1.82, 2.24) is 14.5 Å². The lowest BCUT2D eigenvalue weighted by atomic mass is 9.90. The smallest absolute Gasteiger partial charge is 0.255 e. The topological polar surface area (TPSA) is 87.5 Å². The average Bonchev–Trinajstić information content (AvgIpc) is 2.89. The number of aliphatic hydroxyl groups is 1. The molecule has 0 radical (unpaired) electrons. The van der Waals surface area contributed by atoms with Crippen LogP contribution < -0.4 is 10.9 Å².